The number of carbonyl (C=O) groups excluding carboxylic acids is 2. The largest absolute Gasteiger partial charge is 0.398 e. The van der Waals surface area contributed by atoms with Crippen molar-refractivity contribution in [2.75, 3.05) is 5.73 Å². The van der Waals surface area contributed by atoms with Crippen LogP contribution in [0, 0.1) is 5.82 Å². The zero-order valence-electron chi connectivity index (χ0n) is 10.8. The Balaban J connectivity index is 1.97. The number of carbonyl (C=O) groups is 2. The van der Waals surface area contributed by atoms with Crippen molar-refractivity contribution in [3.05, 3.63) is 63.4 Å². The lowest BCUT2D eigenvalue weighted by Crippen LogP contribution is -2.29. The monoisotopic (exact) mass is 348 g/mol. The third-order valence-electron chi connectivity index (χ3n) is 3.29. The summed E-state index contributed by atoms with van der Waals surface area (Å²) in [6, 6.07) is 9.03. The first-order chi connectivity index (χ1) is 9.97. The molecule has 2 aromatic rings. The molecule has 2 N–H and O–H groups in total. The van der Waals surface area contributed by atoms with Crippen LogP contribution in [0.5, 0.6) is 0 Å². The van der Waals surface area contributed by atoms with E-state index in [0.29, 0.717) is 10.0 Å². The first kappa shape index (κ1) is 13.8. The standard InChI is InChI=1S/C15H10BrFN2O2/c16-9-4-8(5-10(17)6-9)7-19-14(20)11-2-1-3-12(18)13(11)15(19)21/h1-6H,7,18H2. The number of hydrogen-bond acceptors (Lipinski definition) is 3. The molecular formula is C15H10BrFN2O2. The molecule has 21 heavy (non-hydrogen) atoms. The zero-order valence-corrected chi connectivity index (χ0v) is 12.4. The van der Waals surface area contributed by atoms with Crippen LogP contribution >= 0.6 is 15.9 Å². The smallest absolute Gasteiger partial charge is 0.263 e. The van der Waals surface area contributed by atoms with E-state index in [1.807, 2.05) is 0 Å². The quantitative estimate of drug-likeness (QED) is 0.670. The predicted molar refractivity (Wildman–Crippen MR) is 79.2 cm³/mol. The Morgan fingerprint density at radius 2 is 1.90 bits per heavy atom. The Morgan fingerprint density at radius 1 is 1.14 bits per heavy atom. The molecule has 1 aliphatic rings. The van der Waals surface area contributed by atoms with E-state index in [2.05, 4.69) is 15.9 Å². The molecule has 4 nitrogen and oxygen atoms in total. The maximum Gasteiger partial charge on any atom is 0.263 e. The van der Waals surface area contributed by atoms with Gasteiger partial charge in [-0.2, -0.15) is 0 Å². The van der Waals surface area contributed by atoms with Crippen molar-refractivity contribution in [2.24, 2.45) is 0 Å². The molecule has 0 radical (unpaired) electrons. The highest BCUT2D eigenvalue weighted by molar-refractivity contribution is 9.10. The van der Waals surface area contributed by atoms with Gasteiger partial charge in [-0.15, -0.1) is 0 Å². The lowest BCUT2D eigenvalue weighted by atomic mass is 10.1. The summed E-state index contributed by atoms with van der Waals surface area (Å²) in [4.78, 5) is 25.7. The average Bonchev–Trinajstić information content (AvgIpc) is 2.64. The molecule has 2 amide bonds. The molecule has 2 aromatic carbocycles. The van der Waals surface area contributed by atoms with Crippen molar-refractivity contribution < 1.29 is 14.0 Å². The Kier molecular flexibility index (Phi) is 3.25. The van der Waals surface area contributed by atoms with Gasteiger partial charge in [-0.25, -0.2) is 4.39 Å². The number of nitrogen functional groups attached to an aromatic ring is 1. The maximum atomic E-state index is 13.4. The van der Waals surface area contributed by atoms with E-state index in [9.17, 15) is 14.0 Å². The number of halogens is 2. The van der Waals surface area contributed by atoms with Crippen molar-refractivity contribution in [3.63, 3.8) is 0 Å². The predicted octanol–water partition coefficient (Wildman–Crippen LogP) is 2.97. The van der Waals surface area contributed by atoms with E-state index >= 15 is 0 Å². The molecule has 0 spiro atoms. The van der Waals surface area contributed by atoms with Crippen molar-refractivity contribution in [2.45, 2.75) is 6.54 Å². The van der Waals surface area contributed by atoms with E-state index < -0.39 is 17.6 Å². The van der Waals surface area contributed by atoms with Gasteiger partial charge in [0, 0.05) is 10.2 Å². The molecule has 1 heterocycles. The zero-order chi connectivity index (χ0) is 15.1. The van der Waals surface area contributed by atoms with Crippen LogP contribution in [-0.4, -0.2) is 16.7 Å². The van der Waals surface area contributed by atoms with Gasteiger partial charge < -0.3 is 5.73 Å². The number of nitrogens with zero attached hydrogens (tertiary/aromatic N) is 1. The fourth-order valence-electron chi connectivity index (χ4n) is 2.39. The van der Waals surface area contributed by atoms with Crippen LogP contribution < -0.4 is 5.73 Å². The fourth-order valence-corrected chi connectivity index (χ4v) is 2.90. The summed E-state index contributed by atoms with van der Waals surface area (Å²) < 4.78 is 13.9. The highest BCUT2D eigenvalue weighted by Gasteiger charge is 2.36. The van der Waals surface area contributed by atoms with Gasteiger partial charge in [-0.3, -0.25) is 14.5 Å². The summed E-state index contributed by atoms with van der Waals surface area (Å²) >= 11 is 3.18. The van der Waals surface area contributed by atoms with Gasteiger partial charge in [0.1, 0.15) is 5.82 Å². The Morgan fingerprint density at radius 3 is 2.57 bits per heavy atom. The van der Waals surface area contributed by atoms with Gasteiger partial charge in [-0.05, 0) is 35.9 Å². The van der Waals surface area contributed by atoms with Crippen molar-refractivity contribution in [1.29, 1.82) is 0 Å². The molecule has 0 unspecified atom stereocenters. The molecule has 0 saturated carbocycles. The second-order valence-corrected chi connectivity index (χ2v) is 5.66. The maximum absolute atomic E-state index is 13.4. The second kappa shape index (κ2) is 4.96. The summed E-state index contributed by atoms with van der Waals surface area (Å²) in [5.41, 5.74) is 7.06. The summed E-state index contributed by atoms with van der Waals surface area (Å²) in [5, 5.41) is 0. The summed E-state index contributed by atoms with van der Waals surface area (Å²) in [7, 11) is 0. The number of amides is 2. The van der Waals surface area contributed by atoms with Crippen molar-refractivity contribution in [3.8, 4) is 0 Å². The number of fused-ring (bicyclic) bond motifs is 1. The normalized spacial score (nSPS) is 13.7. The molecule has 0 aromatic heterocycles. The minimum absolute atomic E-state index is 0.00213. The number of anilines is 1. The Hall–Kier alpha value is -2.21. The SMILES string of the molecule is Nc1cccc2c1C(=O)N(Cc1cc(F)cc(Br)c1)C2=O. The van der Waals surface area contributed by atoms with E-state index in [4.69, 9.17) is 5.73 Å². The van der Waals surface area contributed by atoms with Gasteiger partial charge >= 0.3 is 0 Å². The van der Waals surface area contributed by atoms with Crippen LogP contribution in [0.1, 0.15) is 26.3 Å². The van der Waals surface area contributed by atoms with Gasteiger partial charge in [0.05, 0.1) is 17.7 Å². The van der Waals surface area contributed by atoms with Gasteiger partial charge in [0.25, 0.3) is 11.8 Å². The van der Waals surface area contributed by atoms with Crippen LogP contribution in [0.2, 0.25) is 0 Å². The fraction of sp³-hybridized carbons (Fsp3) is 0.0667. The first-order valence-corrected chi connectivity index (χ1v) is 6.96. The van der Waals surface area contributed by atoms with E-state index in [0.717, 1.165) is 4.90 Å². The third kappa shape index (κ3) is 2.31. The average molecular weight is 349 g/mol. The van der Waals surface area contributed by atoms with Crippen LogP contribution in [0.3, 0.4) is 0 Å². The molecule has 3 rings (SSSR count). The third-order valence-corrected chi connectivity index (χ3v) is 3.75. The van der Waals surface area contributed by atoms with Crippen LogP contribution in [0.25, 0.3) is 0 Å². The summed E-state index contributed by atoms with van der Waals surface area (Å²) in [5.74, 6) is -1.30. The number of imide groups is 1. The molecule has 1 aliphatic heterocycles. The topological polar surface area (TPSA) is 63.4 Å². The highest BCUT2D eigenvalue weighted by Crippen LogP contribution is 2.29. The number of hydrogen-bond donors (Lipinski definition) is 1. The van der Waals surface area contributed by atoms with Crippen molar-refractivity contribution >= 4 is 33.4 Å². The van der Waals surface area contributed by atoms with E-state index in [-0.39, 0.29) is 23.4 Å². The second-order valence-electron chi connectivity index (χ2n) is 4.74. The van der Waals surface area contributed by atoms with Crippen LogP contribution in [-0.2, 0) is 6.54 Å². The molecule has 0 atom stereocenters. The van der Waals surface area contributed by atoms with Gasteiger partial charge in [0.15, 0.2) is 0 Å². The minimum atomic E-state index is -0.450. The molecule has 6 heteroatoms. The number of nitrogens with two attached hydrogens (primary N) is 1. The molecular weight excluding hydrogens is 339 g/mol. The van der Waals surface area contributed by atoms with Crippen molar-refractivity contribution in [1.82, 2.24) is 4.90 Å². The highest BCUT2D eigenvalue weighted by atomic mass is 79.9. The number of benzene rings is 2. The Bertz CT molecular complexity index is 756. The van der Waals surface area contributed by atoms with Crippen LogP contribution in [0.15, 0.2) is 40.9 Å². The van der Waals surface area contributed by atoms with E-state index in [1.54, 1.807) is 24.3 Å². The molecule has 0 aliphatic carbocycles. The van der Waals surface area contributed by atoms with Gasteiger partial charge in [-0.1, -0.05) is 22.0 Å². The van der Waals surface area contributed by atoms with Crippen LogP contribution in [0.4, 0.5) is 10.1 Å². The summed E-state index contributed by atoms with van der Waals surface area (Å²) in [6.07, 6.45) is 0. The number of rotatable bonds is 2. The molecule has 106 valence electrons. The summed E-state index contributed by atoms with van der Waals surface area (Å²) in [6.45, 7) is 0.00213. The lowest BCUT2D eigenvalue weighted by Gasteiger charge is -2.14. The molecule has 0 saturated heterocycles. The molecule has 0 bridgehead atoms. The first-order valence-electron chi connectivity index (χ1n) is 6.17. The van der Waals surface area contributed by atoms with Gasteiger partial charge in [0.2, 0.25) is 0 Å². The van der Waals surface area contributed by atoms with E-state index in [1.165, 1.54) is 12.1 Å². The minimum Gasteiger partial charge on any atom is -0.398 e. The Labute approximate surface area is 128 Å². The lowest BCUT2D eigenvalue weighted by molar-refractivity contribution is 0.0642. The molecule has 0 fully saturated rings.